The predicted molar refractivity (Wildman–Crippen MR) is 137 cm³/mol. The zero-order valence-electron chi connectivity index (χ0n) is 21.5. The molecule has 1 spiro atoms. The van der Waals surface area contributed by atoms with Crippen LogP contribution in [-0.2, 0) is 17.5 Å². The number of likely N-dealkylation sites (tertiary alicyclic amines) is 1. The molecule has 3 heterocycles. The highest BCUT2D eigenvalue weighted by Gasteiger charge is 2.51. The van der Waals surface area contributed by atoms with Gasteiger partial charge >= 0.3 is 6.18 Å². The van der Waals surface area contributed by atoms with Crippen LogP contribution in [0.3, 0.4) is 0 Å². The summed E-state index contributed by atoms with van der Waals surface area (Å²) in [5, 5.41) is 8.89. The lowest BCUT2D eigenvalue weighted by atomic mass is 9.65. The average Bonchev–Trinajstić information content (AvgIpc) is 3.56. The van der Waals surface area contributed by atoms with E-state index in [0.29, 0.717) is 24.2 Å². The molecule has 5 rings (SSSR count). The van der Waals surface area contributed by atoms with Gasteiger partial charge in [-0.05, 0) is 61.6 Å². The van der Waals surface area contributed by atoms with Crippen LogP contribution in [0.1, 0.15) is 59.3 Å². The van der Waals surface area contributed by atoms with Crippen molar-refractivity contribution in [3.05, 3.63) is 52.8 Å². The number of carbonyl (C=O) groups excluding carboxylic acids is 2. The number of benzene rings is 1. The molecule has 2 fully saturated rings. The Morgan fingerprint density at radius 1 is 1.26 bits per heavy atom. The first-order chi connectivity index (χ1) is 18.4. The fraction of sp³-hybridized carbons (Fsp3) is 0.407. The standard InChI is InChI=1S/C27H28F3N7O2/c1-3-4-21(38)35-8-7-26(15-35)10-19(11-26)37-24(31)22(25(32)39)23(34-37)18-12-33-36(14-18)13-17-6-5-16(2)20(9-17)27(28,29)30/h5-6,9,12,14,19H,7-8,10-11,13,15,31H2,1-2H3,(H2,32,39)/t19-,26-. The van der Waals surface area contributed by atoms with E-state index in [4.69, 9.17) is 11.5 Å². The van der Waals surface area contributed by atoms with Crippen LogP contribution in [0.2, 0.25) is 0 Å². The zero-order chi connectivity index (χ0) is 28.1. The first-order valence-electron chi connectivity index (χ1n) is 12.5. The zero-order valence-corrected chi connectivity index (χ0v) is 21.5. The van der Waals surface area contributed by atoms with E-state index in [1.165, 1.54) is 23.9 Å². The van der Waals surface area contributed by atoms with Crippen molar-refractivity contribution in [2.45, 2.75) is 51.9 Å². The summed E-state index contributed by atoms with van der Waals surface area (Å²) in [5.41, 5.74) is 12.7. The fourth-order valence-corrected chi connectivity index (χ4v) is 5.74. The number of aromatic nitrogens is 4. The molecule has 12 heteroatoms. The summed E-state index contributed by atoms with van der Waals surface area (Å²) < 4.78 is 43.1. The molecule has 0 atom stereocenters. The van der Waals surface area contributed by atoms with Gasteiger partial charge in [0.15, 0.2) is 0 Å². The highest BCUT2D eigenvalue weighted by atomic mass is 19.4. The number of nitrogen functional groups attached to an aromatic ring is 1. The van der Waals surface area contributed by atoms with E-state index in [0.717, 1.165) is 25.3 Å². The van der Waals surface area contributed by atoms with Crippen LogP contribution in [0.15, 0.2) is 30.6 Å². The minimum atomic E-state index is -4.45. The van der Waals surface area contributed by atoms with Crippen molar-refractivity contribution in [3.8, 4) is 23.1 Å². The van der Waals surface area contributed by atoms with Crippen molar-refractivity contribution >= 4 is 17.6 Å². The van der Waals surface area contributed by atoms with Gasteiger partial charge in [-0.3, -0.25) is 14.3 Å². The number of nitrogens with zero attached hydrogens (tertiary/aromatic N) is 5. The number of rotatable bonds is 5. The Labute approximate surface area is 222 Å². The molecule has 204 valence electrons. The quantitative estimate of drug-likeness (QED) is 0.481. The molecule has 9 nitrogen and oxygen atoms in total. The van der Waals surface area contributed by atoms with Crippen molar-refractivity contribution in [1.29, 1.82) is 0 Å². The Balaban J connectivity index is 1.36. The number of halogens is 3. The Morgan fingerprint density at radius 3 is 2.67 bits per heavy atom. The van der Waals surface area contributed by atoms with Crippen LogP contribution >= 0.6 is 0 Å². The number of amides is 2. The van der Waals surface area contributed by atoms with Crippen LogP contribution in [0.25, 0.3) is 11.3 Å². The van der Waals surface area contributed by atoms with Crippen molar-refractivity contribution in [2.24, 2.45) is 11.1 Å². The van der Waals surface area contributed by atoms with Gasteiger partial charge < -0.3 is 16.4 Å². The van der Waals surface area contributed by atoms with Gasteiger partial charge in [0.25, 0.3) is 11.8 Å². The normalized spacial score (nSPS) is 20.5. The summed E-state index contributed by atoms with van der Waals surface area (Å²) >= 11 is 0. The van der Waals surface area contributed by atoms with E-state index >= 15 is 0 Å². The molecule has 1 saturated carbocycles. The van der Waals surface area contributed by atoms with Crippen LogP contribution in [0.4, 0.5) is 19.0 Å². The third-order valence-corrected chi connectivity index (χ3v) is 7.69. The largest absolute Gasteiger partial charge is 0.416 e. The molecule has 3 aromatic rings. The Bertz CT molecular complexity index is 1520. The summed E-state index contributed by atoms with van der Waals surface area (Å²) in [4.78, 5) is 26.3. The first-order valence-corrected chi connectivity index (χ1v) is 12.5. The molecular weight excluding hydrogens is 511 g/mol. The summed E-state index contributed by atoms with van der Waals surface area (Å²) in [6.45, 7) is 4.41. The molecule has 1 aliphatic carbocycles. The molecule has 0 radical (unpaired) electrons. The van der Waals surface area contributed by atoms with Crippen LogP contribution in [0, 0.1) is 24.2 Å². The van der Waals surface area contributed by atoms with Gasteiger partial charge in [-0.15, -0.1) is 0 Å². The molecule has 4 N–H and O–H groups in total. The van der Waals surface area contributed by atoms with Gasteiger partial charge in [-0.2, -0.15) is 23.4 Å². The minimum absolute atomic E-state index is 0.0324. The molecule has 1 aliphatic heterocycles. The number of nitrogens with two attached hydrogens (primary N) is 2. The lowest BCUT2D eigenvalue weighted by Gasteiger charge is -2.45. The molecule has 2 aliphatic rings. The van der Waals surface area contributed by atoms with E-state index in [-0.39, 0.29) is 46.5 Å². The van der Waals surface area contributed by atoms with Gasteiger partial charge in [0.05, 0.1) is 24.3 Å². The van der Waals surface area contributed by atoms with E-state index in [9.17, 15) is 22.8 Å². The topological polar surface area (TPSA) is 125 Å². The summed E-state index contributed by atoms with van der Waals surface area (Å²) in [6.07, 6.45) is 0.978. The Hall–Kier alpha value is -4.27. The molecule has 2 aromatic heterocycles. The predicted octanol–water partition coefficient (Wildman–Crippen LogP) is 3.38. The summed E-state index contributed by atoms with van der Waals surface area (Å²) in [5.74, 6) is 4.47. The van der Waals surface area contributed by atoms with Crippen molar-refractivity contribution in [1.82, 2.24) is 24.5 Å². The second-order valence-corrected chi connectivity index (χ2v) is 10.4. The van der Waals surface area contributed by atoms with Crippen molar-refractivity contribution < 1.29 is 22.8 Å². The highest BCUT2D eigenvalue weighted by Crippen LogP contribution is 2.54. The van der Waals surface area contributed by atoms with Gasteiger partial charge in [-0.1, -0.05) is 18.1 Å². The maximum absolute atomic E-state index is 13.3. The molecule has 39 heavy (non-hydrogen) atoms. The van der Waals surface area contributed by atoms with Crippen LogP contribution in [0.5, 0.6) is 0 Å². The summed E-state index contributed by atoms with van der Waals surface area (Å²) in [6, 6.07) is 4.09. The minimum Gasteiger partial charge on any atom is -0.383 e. The number of carbonyl (C=O) groups is 2. The van der Waals surface area contributed by atoms with Crippen LogP contribution < -0.4 is 11.5 Å². The van der Waals surface area contributed by atoms with Crippen LogP contribution in [-0.4, -0.2) is 49.4 Å². The molecule has 1 saturated heterocycles. The molecule has 1 aromatic carbocycles. The molecule has 0 bridgehead atoms. The second kappa shape index (κ2) is 9.48. The van der Waals surface area contributed by atoms with Gasteiger partial charge in [0, 0.05) is 24.8 Å². The SMILES string of the molecule is CC#CC(=O)N1CC[C@]2(C1)C[C@H](n1nc(-c3cnn(Cc4ccc(C)c(C(F)(F)F)c4)c3)c(C(N)=O)c1N)C2. The van der Waals surface area contributed by atoms with Gasteiger partial charge in [-0.25, -0.2) is 4.68 Å². The number of aryl methyl sites for hydroxylation is 1. The van der Waals surface area contributed by atoms with Crippen molar-refractivity contribution in [2.75, 3.05) is 18.8 Å². The third-order valence-electron chi connectivity index (χ3n) is 7.69. The number of anilines is 1. The maximum atomic E-state index is 13.3. The molecule has 2 amide bonds. The van der Waals surface area contributed by atoms with Gasteiger partial charge in [0.1, 0.15) is 17.1 Å². The lowest BCUT2D eigenvalue weighted by Crippen LogP contribution is -2.42. The Kier molecular flexibility index (Phi) is 6.40. The van der Waals surface area contributed by atoms with E-state index < -0.39 is 17.6 Å². The van der Waals surface area contributed by atoms with Gasteiger partial charge in [0.2, 0.25) is 0 Å². The fourth-order valence-electron chi connectivity index (χ4n) is 5.74. The monoisotopic (exact) mass is 539 g/mol. The summed E-state index contributed by atoms with van der Waals surface area (Å²) in [7, 11) is 0. The number of hydrogen-bond donors (Lipinski definition) is 2. The van der Waals surface area contributed by atoms with Crippen molar-refractivity contribution in [3.63, 3.8) is 0 Å². The maximum Gasteiger partial charge on any atom is 0.416 e. The molecule has 0 unspecified atom stereocenters. The third kappa shape index (κ3) is 4.84. The smallest absolute Gasteiger partial charge is 0.383 e. The Morgan fingerprint density at radius 2 is 2.00 bits per heavy atom. The lowest BCUT2D eigenvalue weighted by molar-refractivity contribution is -0.138. The number of primary amides is 1. The van der Waals surface area contributed by atoms with E-state index in [1.807, 2.05) is 0 Å². The first kappa shape index (κ1) is 26.3. The molecular formula is C27H28F3N7O2. The average molecular weight is 540 g/mol. The van der Waals surface area contributed by atoms with E-state index in [1.54, 1.807) is 28.8 Å². The highest BCUT2D eigenvalue weighted by molar-refractivity contribution is 6.03. The second-order valence-electron chi connectivity index (χ2n) is 10.4. The number of hydrogen-bond acceptors (Lipinski definition) is 5. The number of alkyl halides is 3. The van der Waals surface area contributed by atoms with E-state index in [2.05, 4.69) is 22.0 Å².